The van der Waals surface area contributed by atoms with E-state index in [1.807, 2.05) is 13.0 Å². The minimum atomic E-state index is -3.53. The lowest BCUT2D eigenvalue weighted by Crippen LogP contribution is -2.49. The first-order chi connectivity index (χ1) is 15.4. The number of hydrogen-bond donors (Lipinski definition) is 1. The van der Waals surface area contributed by atoms with Crippen molar-refractivity contribution in [3.63, 3.8) is 0 Å². The average Bonchev–Trinajstić information content (AvgIpc) is 3.26. The molecule has 32 heavy (non-hydrogen) atoms. The summed E-state index contributed by atoms with van der Waals surface area (Å²) in [6, 6.07) is 12.4. The third-order valence-electron chi connectivity index (χ3n) is 6.72. The first-order valence-electron chi connectivity index (χ1n) is 11.5. The van der Waals surface area contributed by atoms with Gasteiger partial charge in [0.2, 0.25) is 5.91 Å². The van der Waals surface area contributed by atoms with E-state index in [0.29, 0.717) is 23.7 Å². The van der Waals surface area contributed by atoms with Gasteiger partial charge in [0, 0.05) is 43.6 Å². The molecule has 1 amide bonds. The number of fused-ring (bicyclic) bond motifs is 1. The van der Waals surface area contributed by atoms with Crippen LogP contribution in [0.3, 0.4) is 0 Å². The maximum absolute atomic E-state index is 13.0. The number of thiophene rings is 1. The van der Waals surface area contributed by atoms with Crippen molar-refractivity contribution in [1.29, 1.82) is 0 Å². The first-order valence-corrected chi connectivity index (χ1v) is 13.8. The molecule has 0 saturated carbocycles. The van der Waals surface area contributed by atoms with Crippen LogP contribution >= 0.6 is 11.3 Å². The Morgan fingerprint density at radius 3 is 2.69 bits per heavy atom. The SMILES string of the molecule is CCC(CNC(=O)C1CCCN(S(=O)(=O)c2ccc(C)s2)C1)N1CCc2ccccc2C1. The highest BCUT2D eigenvalue weighted by atomic mass is 32.2. The number of nitrogens with zero attached hydrogens (tertiary/aromatic N) is 2. The predicted octanol–water partition coefficient (Wildman–Crippen LogP) is 3.41. The summed E-state index contributed by atoms with van der Waals surface area (Å²) < 4.78 is 27.8. The van der Waals surface area contributed by atoms with Gasteiger partial charge in [-0.1, -0.05) is 31.2 Å². The Hall–Kier alpha value is -1.74. The molecule has 2 aromatic rings. The van der Waals surface area contributed by atoms with Gasteiger partial charge in [-0.15, -0.1) is 11.3 Å². The van der Waals surface area contributed by atoms with Crippen molar-refractivity contribution in [2.24, 2.45) is 5.92 Å². The van der Waals surface area contributed by atoms with E-state index in [9.17, 15) is 13.2 Å². The molecule has 174 valence electrons. The second-order valence-electron chi connectivity index (χ2n) is 8.86. The molecular weight excluding hydrogens is 442 g/mol. The number of rotatable bonds is 7. The lowest BCUT2D eigenvalue weighted by Gasteiger charge is -2.36. The maximum atomic E-state index is 13.0. The molecule has 1 fully saturated rings. The Morgan fingerprint density at radius 2 is 1.97 bits per heavy atom. The molecule has 1 saturated heterocycles. The van der Waals surface area contributed by atoms with Gasteiger partial charge in [-0.3, -0.25) is 9.69 Å². The van der Waals surface area contributed by atoms with Crippen LogP contribution in [-0.4, -0.2) is 55.8 Å². The summed E-state index contributed by atoms with van der Waals surface area (Å²) in [5.74, 6) is -0.317. The fourth-order valence-corrected chi connectivity index (χ4v) is 7.74. The monoisotopic (exact) mass is 475 g/mol. The van der Waals surface area contributed by atoms with E-state index >= 15 is 0 Å². The average molecular weight is 476 g/mol. The van der Waals surface area contributed by atoms with E-state index in [1.165, 1.54) is 26.8 Å². The van der Waals surface area contributed by atoms with E-state index in [4.69, 9.17) is 0 Å². The highest BCUT2D eigenvalue weighted by Gasteiger charge is 2.34. The summed E-state index contributed by atoms with van der Waals surface area (Å²) >= 11 is 1.29. The maximum Gasteiger partial charge on any atom is 0.252 e. The van der Waals surface area contributed by atoms with Crippen molar-refractivity contribution in [3.05, 3.63) is 52.4 Å². The minimum Gasteiger partial charge on any atom is -0.354 e. The molecule has 2 atom stereocenters. The van der Waals surface area contributed by atoms with Crippen LogP contribution in [0, 0.1) is 12.8 Å². The van der Waals surface area contributed by atoms with E-state index < -0.39 is 10.0 Å². The zero-order valence-corrected chi connectivity index (χ0v) is 20.6. The van der Waals surface area contributed by atoms with Gasteiger partial charge in [-0.05, 0) is 55.9 Å². The van der Waals surface area contributed by atoms with Gasteiger partial charge in [0.15, 0.2) is 0 Å². The highest BCUT2D eigenvalue weighted by Crippen LogP contribution is 2.28. The number of benzene rings is 1. The highest BCUT2D eigenvalue weighted by molar-refractivity contribution is 7.91. The summed E-state index contributed by atoms with van der Waals surface area (Å²) in [6.45, 7) is 7.33. The van der Waals surface area contributed by atoms with Gasteiger partial charge in [0.05, 0.1) is 5.92 Å². The molecule has 2 unspecified atom stereocenters. The Labute approximate surface area is 195 Å². The number of aryl methyl sites for hydroxylation is 1. The van der Waals surface area contributed by atoms with Crippen LogP contribution in [0.15, 0.2) is 40.6 Å². The summed E-state index contributed by atoms with van der Waals surface area (Å²) in [5.41, 5.74) is 2.80. The molecular formula is C24H33N3O3S2. The molecule has 0 bridgehead atoms. The van der Waals surface area contributed by atoms with Crippen molar-refractivity contribution >= 4 is 27.3 Å². The smallest absolute Gasteiger partial charge is 0.252 e. The van der Waals surface area contributed by atoms with Gasteiger partial charge in [-0.2, -0.15) is 4.31 Å². The molecule has 6 nitrogen and oxygen atoms in total. The lowest BCUT2D eigenvalue weighted by atomic mass is 9.97. The number of amides is 1. The van der Waals surface area contributed by atoms with Crippen LogP contribution in [0.5, 0.6) is 0 Å². The van der Waals surface area contributed by atoms with E-state index in [-0.39, 0.29) is 24.4 Å². The molecule has 0 radical (unpaired) electrons. The lowest BCUT2D eigenvalue weighted by molar-refractivity contribution is -0.126. The molecule has 0 aliphatic carbocycles. The summed E-state index contributed by atoms with van der Waals surface area (Å²) in [6.07, 6.45) is 3.45. The third kappa shape index (κ3) is 5.09. The van der Waals surface area contributed by atoms with Crippen LogP contribution in [0.2, 0.25) is 0 Å². The number of piperidine rings is 1. The molecule has 4 rings (SSSR count). The van der Waals surface area contributed by atoms with Crippen LogP contribution in [0.4, 0.5) is 0 Å². The van der Waals surface area contributed by atoms with E-state index in [1.54, 1.807) is 6.07 Å². The van der Waals surface area contributed by atoms with Crippen LogP contribution in [0.1, 0.15) is 42.2 Å². The van der Waals surface area contributed by atoms with Crippen LogP contribution < -0.4 is 5.32 Å². The van der Waals surface area contributed by atoms with E-state index in [0.717, 1.165) is 37.2 Å². The number of nitrogens with one attached hydrogen (secondary N) is 1. The standard InChI is InChI=1S/C24H33N3O3S2/c1-3-22(26-14-12-19-7-4-5-8-20(19)16-26)15-25-24(28)21-9-6-13-27(17-21)32(29,30)23-11-10-18(2)31-23/h4-5,7-8,10-11,21-22H,3,6,9,12-17H2,1-2H3,(H,25,28). The topological polar surface area (TPSA) is 69.7 Å². The van der Waals surface area contributed by atoms with Gasteiger partial charge in [0.1, 0.15) is 4.21 Å². The molecule has 3 heterocycles. The second-order valence-corrected chi connectivity index (χ2v) is 12.3. The van der Waals surface area contributed by atoms with Gasteiger partial charge >= 0.3 is 0 Å². The summed E-state index contributed by atoms with van der Waals surface area (Å²) in [7, 11) is -3.53. The summed E-state index contributed by atoms with van der Waals surface area (Å²) in [4.78, 5) is 16.4. The Bertz CT molecular complexity index is 1050. The van der Waals surface area contributed by atoms with Crippen LogP contribution in [-0.2, 0) is 27.8 Å². The van der Waals surface area contributed by atoms with Crippen molar-refractivity contribution < 1.29 is 13.2 Å². The number of sulfonamides is 1. The molecule has 1 N–H and O–H groups in total. The minimum absolute atomic E-state index is 0.0249. The molecule has 1 aromatic carbocycles. The Kier molecular flexibility index (Phi) is 7.34. The quantitative estimate of drug-likeness (QED) is 0.666. The van der Waals surface area contributed by atoms with Crippen molar-refractivity contribution in [3.8, 4) is 0 Å². The number of hydrogen-bond acceptors (Lipinski definition) is 5. The molecule has 8 heteroatoms. The normalized spacial score (nSPS) is 21.1. The molecule has 1 aromatic heterocycles. The third-order valence-corrected chi connectivity index (χ3v) is 10.1. The molecule has 2 aliphatic heterocycles. The van der Waals surface area contributed by atoms with Crippen molar-refractivity contribution in [2.45, 2.75) is 56.3 Å². The zero-order chi connectivity index (χ0) is 22.7. The zero-order valence-electron chi connectivity index (χ0n) is 18.9. The second kappa shape index (κ2) is 10.0. The van der Waals surface area contributed by atoms with Crippen LogP contribution in [0.25, 0.3) is 0 Å². The Morgan fingerprint density at radius 1 is 1.19 bits per heavy atom. The first kappa shape index (κ1) is 23.4. The number of carbonyl (C=O) groups is 1. The van der Waals surface area contributed by atoms with Gasteiger partial charge in [0.25, 0.3) is 10.0 Å². The fourth-order valence-electron chi connectivity index (χ4n) is 4.78. The number of carbonyl (C=O) groups excluding carboxylic acids is 1. The molecule has 2 aliphatic rings. The molecule has 0 spiro atoms. The van der Waals surface area contributed by atoms with Crippen molar-refractivity contribution in [1.82, 2.24) is 14.5 Å². The van der Waals surface area contributed by atoms with Crippen molar-refractivity contribution in [2.75, 3.05) is 26.2 Å². The largest absolute Gasteiger partial charge is 0.354 e. The van der Waals surface area contributed by atoms with Gasteiger partial charge in [-0.25, -0.2) is 8.42 Å². The van der Waals surface area contributed by atoms with E-state index in [2.05, 4.69) is 41.4 Å². The van der Waals surface area contributed by atoms with Gasteiger partial charge < -0.3 is 5.32 Å². The Balaban J connectivity index is 1.34. The summed E-state index contributed by atoms with van der Waals surface area (Å²) in [5, 5.41) is 3.14. The fraction of sp³-hybridized carbons (Fsp3) is 0.542. The predicted molar refractivity (Wildman–Crippen MR) is 128 cm³/mol.